The van der Waals surface area contributed by atoms with Crippen LogP contribution in [0, 0.1) is 0 Å². The number of rotatable bonds is 3. The molecule has 0 saturated carbocycles. The first kappa shape index (κ1) is 10.3. The average molecular weight is 172 g/mol. The molecule has 0 aliphatic rings. The van der Waals surface area contributed by atoms with Gasteiger partial charge >= 0.3 is 0 Å². The summed E-state index contributed by atoms with van der Waals surface area (Å²) in [4.78, 5) is 0. The number of aliphatic hydroxyl groups excluding tert-OH is 1. The molecule has 0 heterocycles. The van der Waals surface area contributed by atoms with Gasteiger partial charge < -0.3 is 9.53 Å². The molecule has 0 aromatic rings. The van der Waals surface area contributed by atoms with Crippen LogP contribution in [0.25, 0.3) is 0 Å². The molecule has 0 bridgehead atoms. The molecule has 0 saturated heterocycles. The van der Waals surface area contributed by atoms with Gasteiger partial charge in [0.15, 0.2) is 0 Å². The van der Waals surface area contributed by atoms with Crippen LogP contribution < -0.4 is 0 Å². The van der Waals surface area contributed by atoms with Gasteiger partial charge in [0.05, 0.1) is 5.76 Å². The predicted molar refractivity (Wildman–Crippen MR) is 50.0 cm³/mol. The van der Waals surface area contributed by atoms with Gasteiger partial charge in [-0.15, -0.1) is 0 Å². The molecule has 0 rings (SSSR count). The first-order valence-electron chi connectivity index (χ1n) is 3.56. The highest BCUT2D eigenvalue weighted by molar-refractivity contribution is 6.70. The van der Waals surface area contributed by atoms with Crippen LogP contribution in [0.1, 0.15) is 6.92 Å². The molecule has 0 spiro atoms. The lowest BCUT2D eigenvalue weighted by Crippen LogP contribution is -2.24. The Hall–Kier alpha value is -0.703. The minimum atomic E-state index is -1.51. The summed E-state index contributed by atoms with van der Waals surface area (Å²) >= 11 is 0. The Morgan fingerprint density at radius 3 is 2.18 bits per heavy atom. The van der Waals surface area contributed by atoms with Gasteiger partial charge in [-0.3, -0.25) is 0 Å². The van der Waals surface area contributed by atoms with Crippen molar-refractivity contribution in [3.05, 3.63) is 24.2 Å². The minimum absolute atomic E-state index is 0.0424. The molecule has 0 aromatic carbocycles. The lowest BCUT2D eigenvalue weighted by Gasteiger charge is -2.19. The van der Waals surface area contributed by atoms with E-state index in [9.17, 15) is 0 Å². The van der Waals surface area contributed by atoms with Crippen molar-refractivity contribution in [2.45, 2.75) is 26.6 Å². The normalized spacial score (nSPS) is 12.9. The van der Waals surface area contributed by atoms with Crippen LogP contribution in [-0.4, -0.2) is 13.4 Å². The third kappa shape index (κ3) is 7.19. The molecule has 0 fully saturated rings. The summed E-state index contributed by atoms with van der Waals surface area (Å²) in [7, 11) is -1.51. The third-order valence-corrected chi connectivity index (χ3v) is 1.77. The van der Waals surface area contributed by atoms with Gasteiger partial charge in [-0.05, 0) is 26.6 Å². The number of allylic oxidation sites excluding steroid dienone is 2. The van der Waals surface area contributed by atoms with E-state index in [1.165, 1.54) is 6.08 Å². The second kappa shape index (κ2) is 3.62. The van der Waals surface area contributed by atoms with Crippen molar-refractivity contribution in [1.82, 2.24) is 0 Å². The highest BCUT2D eigenvalue weighted by atomic mass is 28.4. The molecule has 0 atom stereocenters. The lowest BCUT2D eigenvalue weighted by atomic mass is 10.4. The highest BCUT2D eigenvalue weighted by Gasteiger charge is 2.15. The molecule has 0 amide bonds. The second-order valence-corrected chi connectivity index (χ2v) is 7.89. The first-order valence-corrected chi connectivity index (χ1v) is 6.97. The summed E-state index contributed by atoms with van der Waals surface area (Å²) in [6.07, 6.45) is 1.53. The molecule has 64 valence electrons. The topological polar surface area (TPSA) is 29.5 Å². The number of aliphatic hydroxyl groups is 1. The molecule has 1 N–H and O–H groups in total. The Kier molecular flexibility index (Phi) is 3.39. The fraction of sp³-hybridized carbons (Fsp3) is 0.500. The predicted octanol–water partition coefficient (Wildman–Crippen LogP) is 2.81. The maximum Gasteiger partial charge on any atom is 0.241 e. The number of hydrogen-bond acceptors (Lipinski definition) is 2. The summed E-state index contributed by atoms with van der Waals surface area (Å²) in [6.45, 7) is 11.4. The van der Waals surface area contributed by atoms with E-state index in [-0.39, 0.29) is 5.76 Å². The second-order valence-electron chi connectivity index (χ2n) is 3.46. The molecule has 0 unspecified atom stereocenters. The smallest absolute Gasteiger partial charge is 0.241 e. The van der Waals surface area contributed by atoms with Gasteiger partial charge in [-0.2, -0.15) is 0 Å². The van der Waals surface area contributed by atoms with Crippen molar-refractivity contribution >= 4 is 8.32 Å². The Labute approximate surface area is 69.3 Å². The van der Waals surface area contributed by atoms with Crippen molar-refractivity contribution in [1.29, 1.82) is 0 Å². The van der Waals surface area contributed by atoms with Crippen molar-refractivity contribution < 1.29 is 9.53 Å². The quantitative estimate of drug-likeness (QED) is 0.403. The van der Waals surface area contributed by atoms with Gasteiger partial charge in [0.1, 0.15) is 5.76 Å². The van der Waals surface area contributed by atoms with Crippen molar-refractivity contribution in [2.24, 2.45) is 0 Å². The van der Waals surface area contributed by atoms with E-state index >= 15 is 0 Å². The summed E-state index contributed by atoms with van der Waals surface area (Å²) in [5, 5.41) is 8.78. The molecule has 0 aliphatic heterocycles. The highest BCUT2D eigenvalue weighted by Crippen LogP contribution is 2.10. The third-order valence-electron chi connectivity index (χ3n) is 0.837. The zero-order chi connectivity index (χ0) is 9.07. The zero-order valence-electron chi connectivity index (χ0n) is 7.64. The van der Waals surface area contributed by atoms with Gasteiger partial charge in [-0.1, -0.05) is 6.58 Å². The largest absolute Gasteiger partial charge is 0.547 e. The van der Waals surface area contributed by atoms with Crippen LogP contribution in [-0.2, 0) is 4.43 Å². The van der Waals surface area contributed by atoms with E-state index in [0.717, 1.165) is 5.76 Å². The van der Waals surface area contributed by atoms with Crippen molar-refractivity contribution in [3.63, 3.8) is 0 Å². The fourth-order valence-electron chi connectivity index (χ4n) is 0.747. The minimum Gasteiger partial charge on any atom is -0.547 e. The van der Waals surface area contributed by atoms with E-state index in [2.05, 4.69) is 26.2 Å². The molecule has 0 aliphatic carbocycles. The fourth-order valence-corrected chi connectivity index (χ4v) is 1.77. The first-order chi connectivity index (χ1) is 4.81. The maximum atomic E-state index is 8.78. The standard InChI is InChI=1S/C8H16O2Si/c1-7(9)6-8(2)10-11(3,4)5/h6,9H,1H2,2-5H3. The van der Waals surface area contributed by atoms with Crippen LogP contribution in [0.15, 0.2) is 24.2 Å². The monoisotopic (exact) mass is 172 g/mol. The van der Waals surface area contributed by atoms with Crippen LogP contribution in [0.3, 0.4) is 0 Å². The maximum absolute atomic E-state index is 8.78. The van der Waals surface area contributed by atoms with Crippen molar-refractivity contribution in [2.75, 3.05) is 0 Å². The van der Waals surface area contributed by atoms with E-state index < -0.39 is 8.32 Å². The van der Waals surface area contributed by atoms with E-state index in [1.54, 1.807) is 0 Å². The van der Waals surface area contributed by atoms with Crippen LogP contribution in [0.5, 0.6) is 0 Å². The Balaban J connectivity index is 4.07. The SMILES string of the molecule is C=C(O)C=C(C)O[Si](C)(C)C. The molecule has 3 heteroatoms. The van der Waals surface area contributed by atoms with E-state index in [1.807, 2.05) is 6.92 Å². The number of hydrogen-bond donors (Lipinski definition) is 1. The van der Waals surface area contributed by atoms with E-state index in [0.29, 0.717) is 0 Å². The van der Waals surface area contributed by atoms with Gasteiger partial charge in [-0.25, -0.2) is 0 Å². The molecular formula is C8H16O2Si. The molecule has 0 aromatic heterocycles. The average Bonchev–Trinajstić information content (AvgIpc) is 1.53. The Morgan fingerprint density at radius 2 is 1.91 bits per heavy atom. The Morgan fingerprint density at radius 1 is 1.45 bits per heavy atom. The van der Waals surface area contributed by atoms with Gasteiger partial charge in [0.25, 0.3) is 0 Å². The van der Waals surface area contributed by atoms with Crippen LogP contribution in [0.4, 0.5) is 0 Å². The van der Waals surface area contributed by atoms with Gasteiger partial charge in [0.2, 0.25) is 8.32 Å². The van der Waals surface area contributed by atoms with Gasteiger partial charge in [0, 0.05) is 6.08 Å². The molecular weight excluding hydrogens is 156 g/mol. The molecule has 2 nitrogen and oxygen atoms in total. The summed E-state index contributed by atoms with van der Waals surface area (Å²) < 4.78 is 5.53. The molecule has 0 radical (unpaired) electrons. The van der Waals surface area contributed by atoms with Crippen LogP contribution in [0.2, 0.25) is 19.6 Å². The zero-order valence-corrected chi connectivity index (χ0v) is 8.64. The van der Waals surface area contributed by atoms with Crippen molar-refractivity contribution in [3.8, 4) is 0 Å². The van der Waals surface area contributed by atoms with E-state index in [4.69, 9.17) is 9.53 Å². The summed E-state index contributed by atoms with van der Waals surface area (Å²) in [6, 6.07) is 0. The van der Waals surface area contributed by atoms with Crippen LogP contribution >= 0.6 is 0 Å². The summed E-state index contributed by atoms with van der Waals surface area (Å²) in [5.41, 5.74) is 0. The Bertz CT molecular complexity index is 177. The summed E-state index contributed by atoms with van der Waals surface area (Å²) in [5.74, 6) is 0.775. The lowest BCUT2D eigenvalue weighted by molar-refractivity contribution is 0.402. The molecule has 11 heavy (non-hydrogen) atoms.